The molecule has 0 fully saturated rings. The normalized spacial score (nSPS) is 10.7. The van der Waals surface area contributed by atoms with Gasteiger partial charge in [0, 0.05) is 6.07 Å². The van der Waals surface area contributed by atoms with E-state index in [1.54, 1.807) is 0 Å². The van der Waals surface area contributed by atoms with E-state index in [4.69, 9.17) is 0 Å². The lowest BCUT2D eigenvalue weighted by atomic mass is 9.62. The summed E-state index contributed by atoms with van der Waals surface area (Å²) in [5.74, 6) is -8.97. The molecule has 0 unspecified atom stereocenters. The van der Waals surface area contributed by atoms with Crippen molar-refractivity contribution in [3.8, 4) is 5.75 Å². The molecule has 0 heterocycles. The first-order valence-corrected chi connectivity index (χ1v) is 6.11. The molecule has 0 aliphatic carbocycles. The number of aryl methyl sites for hydroxylation is 1. The summed E-state index contributed by atoms with van der Waals surface area (Å²) < 4.78 is 86.4. The molecule has 0 radical (unpaired) electrons. The first kappa shape index (κ1) is 16.3. The minimum Gasteiger partial charge on any atom is -0.491 e. The Hall–Kier alpha value is -2.12. The molecule has 0 saturated heterocycles. The van der Waals surface area contributed by atoms with Gasteiger partial charge in [0.1, 0.15) is 11.6 Å². The Morgan fingerprint density at radius 2 is 1.32 bits per heavy atom. The van der Waals surface area contributed by atoms with Gasteiger partial charge in [-0.15, -0.1) is 0 Å². The van der Waals surface area contributed by atoms with Gasteiger partial charge in [0.05, 0.1) is 7.11 Å². The van der Waals surface area contributed by atoms with Crippen molar-refractivity contribution >= 4 is 18.2 Å². The molecule has 0 aliphatic rings. The summed E-state index contributed by atoms with van der Waals surface area (Å²) in [6.07, 6.45) is 0. The lowest BCUT2D eigenvalue weighted by molar-refractivity contribution is 0.358. The van der Waals surface area contributed by atoms with Gasteiger partial charge in [-0.3, -0.25) is 0 Å². The van der Waals surface area contributed by atoms with Gasteiger partial charge in [-0.25, -0.2) is 26.3 Å². The molecule has 22 heavy (non-hydrogen) atoms. The van der Waals surface area contributed by atoms with Crippen molar-refractivity contribution in [2.45, 2.75) is 6.92 Å². The average Bonchev–Trinajstić information content (AvgIpc) is 2.44. The number of rotatable bonds is 3. The van der Waals surface area contributed by atoms with Crippen LogP contribution in [-0.2, 0) is 0 Å². The second-order valence-electron chi connectivity index (χ2n) is 4.62. The van der Waals surface area contributed by atoms with Crippen LogP contribution in [0.25, 0.3) is 0 Å². The van der Waals surface area contributed by atoms with Gasteiger partial charge in [-0.05, 0) is 29.5 Å². The highest BCUT2D eigenvalue weighted by molar-refractivity contribution is 6.67. The molecule has 0 bridgehead atoms. The van der Waals surface area contributed by atoms with E-state index in [9.17, 15) is 26.3 Å². The van der Waals surface area contributed by atoms with Crippen LogP contribution in [0.3, 0.4) is 0 Å². The quantitative estimate of drug-likeness (QED) is 0.479. The summed E-state index contributed by atoms with van der Waals surface area (Å²) in [5, 5.41) is 0. The Labute approximate surface area is 122 Å². The average molecular weight is 318 g/mol. The van der Waals surface area contributed by atoms with Crippen molar-refractivity contribution in [2.75, 3.05) is 7.11 Å². The summed E-state index contributed by atoms with van der Waals surface area (Å²) in [7, 11) is 0.0268. The third kappa shape index (κ3) is 2.65. The van der Waals surface area contributed by atoms with Crippen molar-refractivity contribution in [1.82, 2.24) is 0 Å². The first-order valence-electron chi connectivity index (χ1n) is 6.11. The Morgan fingerprint density at radius 3 is 1.91 bits per heavy atom. The smallest absolute Gasteiger partial charge is 0.208 e. The van der Waals surface area contributed by atoms with Gasteiger partial charge in [-0.2, -0.15) is 0 Å². The number of ether oxygens (including phenoxy) is 1. The molecular formula is C14H9BF6O. The second-order valence-corrected chi connectivity index (χ2v) is 4.62. The zero-order valence-electron chi connectivity index (χ0n) is 11.5. The van der Waals surface area contributed by atoms with Crippen LogP contribution in [0.4, 0.5) is 26.3 Å². The van der Waals surface area contributed by atoms with E-state index in [2.05, 4.69) is 4.74 Å². The standard InChI is InChI=1S/C14H9BF6O/c1-5-3-6(16)9(12(20)11(5)19)15-10-7(17)4-8(18)14(22-2)13(10)21/h3-4,15H,1-2H3. The van der Waals surface area contributed by atoms with Crippen LogP contribution in [0.2, 0.25) is 0 Å². The maximum Gasteiger partial charge on any atom is 0.208 e. The Morgan fingerprint density at radius 1 is 0.773 bits per heavy atom. The summed E-state index contributed by atoms with van der Waals surface area (Å²) in [4.78, 5) is 0. The molecule has 0 saturated carbocycles. The Kier molecular flexibility index (Phi) is 4.39. The SMILES string of the molecule is COc1c(F)cc(F)c(Bc2c(F)cc(C)c(F)c2F)c1F. The predicted octanol–water partition coefficient (Wildman–Crippen LogP) is 2.23. The van der Waals surface area contributed by atoms with Gasteiger partial charge >= 0.3 is 0 Å². The molecule has 0 spiro atoms. The van der Waals surface area contributed by atoms with Crippen molar-refractivity contribution in [3.05, 3.63) is 52.6 Å². The maximum atomic E-state index is 14.0. The third-order valence-corrected chi connectivity index (χ3v) is 3.22. The number of benzene rings is 2. The summed E-state index contributed by atoms with van der Waals surface area (Å²) >= 11 is 0. The van der Waals surface area contributed by atoms with Crippen LogP contribution in [0.15, 0.2) is 12.1 Å². The van der Waals surface area contributed by atoms with Gasteiger partial charge in [-0.1, -0.05) is 0 Å². The fraction of sp³-hybridized carbons (Fsp3) is 0.143. The third-order valence-electron chi connectivity index (χ3n) is 3.22. The molecule has 0 aromatic heterocycles. The monoisotopic (exact) mass is 318 g/mol. The van der Waals surface area contributed by atoms with E-state index < -0.39 is 58.9 Å². The zero-order valence-corrected chi connectivity index (χ0v) is 11.5. The molecule has 2 aromatic carbocycles. The number of hydrogen-bond acceptors (Lipinski definition) is 1. The molecule has 116 valence electrons. The Bertz CT molecular complexity index is 747. The van der Waals surface area contributed by atoms with Gasteiger partial charge in [0.2, 0.25) is 7.28 Å². The molecule has 0 aliphatic heterocycles. The highest BCUT2D eigenvalue weighted by Crippen LogP contribution is 2.21. The van der Waals surface area contributed by atoms with Gasteiger partial charge in [0.15, 0.2) is 29.0 Å². The minimum absolute atomic E-state index is 0.281. The van der Waals surface area contributed by atoms with Gasteiger partial charge < -0.3 is 4.74 Å². The zero-order chi connectivity index (χ0) is 16.6. The molecule has 8 heteroatoms. The van der Waals surface area contributed by atoms with Crippen molar-refractivity contribution in [1.29, 1.82) is 0 Å². The van der Waals surface area contributed by atoms with Crippen molar-refractivity contribution in [2.24, 2.45) is 0 Å². The van der Waals surface area contributed by atoms with Gasteiger partial charge in [0.25, 0.3) is 0 Å². The number of methoxy groups -OCH3 is 1. The van der Waals surface area contributed by atoms with Crippen LogP contribution >= 0.6 is 0 Å². The number of halogens is 6. The van der Waals surface area contributed by atoms with Crippen LogP contribution in [0.5, 0.6) is 5.75 Å². The molecule has 0 atom stereocenters. The second kappa shape index (κ2) is 5.94. The highest BCUT2D eigenvalue weighted by atomic mass is 19.2. The lowest BCUT2D eigenvalue weighted by Crippen LogP contribution is -2.37. The van der Waals surface area contributed by atoms with Crippen LogP contribution in [0, 0.1) is 41.8 Å². The van der Waals surface area contributed by atoms with Crippen molar-refractivity contribution < 1.29 is 31.1 Å². The van der Waals surface area contributed by atoms with E-state index in [0.29, 0.717) is 12.1 Å². The summed E-state index contributed by atoms with van der Waals surface area (Å²) in [6.45, 7) is 1.15. The summed E-state index contributed by atoms with van der Waals surface area (Å²) in [5.41, 5.74) is -1.95. The largest absolute Gasteiger partial charge is 0.491 e. The first-order chi connectivity index (χ1) is 10.3. The van der Waals surface area contributed by atoms with E-state index >= 15 is 0 Å². The van der Waals surface area contributed by atoms with Crippen molar-refractivity contribution in [3.63, 3.8) is 0 Å². The van der Waals surface area contributed by atoms with Crippen LogP contribution in [0.1, 0.15) is 5.56 Å². The Balaban J connectivity index is 2.60. The van der Waals surface area contributed by atoms with E-state index in [1.807, 2.05) is 0 Å². The topological polar surface area (TPSA) is 9.23 Å². The fourth-order valence-corrected chi connectivity index (χ4v) is 2.05. The maximum absolute atomic E-state index is 14.0. The fourth-order valence-electron chi connectivity index (χ4n) is 2.05. The van der Waals surface area contributed by atoms with Crippen LogP contribution in [-0.4, -0.2) is 14.4 Å². The minimum atomic E-state index is -1.54. The molecule has 0 amide bonds. The molecular weight excluding hydrogens is 309 g/mol. The lowest BCUT2D eigenvalue weighted by Gasteiger charge is -2.11. The van der Waals surface area contributed by atoms with E-state index in [1.165, 1.54) is 0 Å². The highest BCUT2D eigenvalue weighted by Gasteiger charge is 2.25. The predicted molar refractivity (Wildman–Crippen MR) is 70.3 cm³/mol. The summed E-state index contributed by atoms with van der Waals surface area (Å²) in [6, 6.07) is 1.04. The molecule has 2 aromatic rings. The van der Waals surface area contributed by atoms with E-state index in [-0.39, 0.29) is 5.56 Å². The molecule has 2 rings (SSSR count). The molecule has 0 N–H and O–H groups in total. The number of hydrogen-bond donors (Lipinski definition) is 0. The molecule has 1 nitrogen and oxygen atoms in total. The van der Waals surface area contributed by atoms with E-state index in [0.717, 1.165) is 14.0 Å². The van der Waals surface area contributed by atoms with Crippen LogP contribution < -0.4 is 15.7 Å².